The highest BCUT2D eigenvalue weighted by Crippen LogP contribution is 2.18. The van der Waals surface area contributed by atoms with Gasteiger partial charge < -0.3 is 19.2 Å². The molecule has 0 saturated carbocycles. The molecule has 0 radical (unpaired) electrons. The Bertz CT molecular complexity index is 995. The first-order valence-corrected chi connectivity index (χ1v) is 12.8. The maximum absolute atomic E-state index is 13.1. The van der Waals surface area contributed by atoms with E-state index in [0.717, 1.165) is 0 Å². The zero-order valence-corrected chi connectivity index (χ0v) is 19.2. The number of amides is 1. The van der Waals surface area contributed by atoms with E-state index in [2.05, 4.69) is 10.3 Å². The Labute approximate surface area is 187 Å². The summed E-state index contributed by atoms with van der Waals surface area (Å²) in [7, 11) is -3.49. The molecule has 1 aliphatic rings. The van der Waals surface area contributed by atoms with Crippen LogP contribution in [0.2, 0.25) is 0 Å². The van der Waals surface area contributed by atoms with Gasteiger partial charge in [0.25, 0.3) is 11.8 Å². The summed E-state index contributed by atoms with van der Waals surface area (Å²) in [5.41, 5.74) is 1.03. The number of ether oxygens (including phenoxy) is 2. The van der Waals surface area contributed by atoms with Gasteiger partial charge in [0.1, 0.15) is 5.52 Å². The molecular formula is C22H30N2O7S. The van der Waals surface area contributed by atoms with Gasteiger partial charge in [-0.1, -0.05) is 32.4 Å². The second-order valence-corrected chi connectivity index (χ2v) is 10.2. The van der Waals surface area contributed by atoms with Crippen molar-refractivity contribution in [3.63, 3.8) is 0 Å². The smallest absolute Gasteiger partial charge is 0.266 e. The minimum Gasteiger partial charge on any atom is -0.434 e. The average Bonchev–Trinajstić information content (AvgIpc) is 3.22. The third kappa shape index (κ3) is 6.36. The van der Waals surface area contributed by atoms with Crippen LogP contribution in [0.3, 0.4) is 0 Å². The van der Waals surface area contributed by atoms with Crippen LogP contribution in [0.1, 0.15) is 50.2 Å². The molecule has 0 bridgehead atoms. The molecule has 176 valence electrons. The molecule has 2 unspecified atom stereocenters. The van der Waals surface area contributed by atoms with Crippen LogP contribution in [0, 0.1) is 0 Å². The number of nitrogens with one attached hydrogen (secondary N) is 1. The van der Waals surface area contributed by atoms with E-state index < -0.39 is 39.4 Å². The highest BCUT2D eigenvalue weighted by molar-refractivity contribution is 7.91. The van der Waals surface area contributed by atoms with Crippen molar-refractivity contribution in [2.24, 2.45) is 0 Å². The third-order valence-electron chi connectivity index (χ3n) is 5.38. The number of rotatable bonds is 11. The van der Waals surface area contributed by atoms with E-state index in [1.807, 2.05) is 6.92 Å². The zero-order chi connectivity index (χ0) is 23.1. The summed E-state index contributed by atoms with van der Waals surface area (Å²) >= 11 is 0. The van der Waals surface area contributed by atoms with Crippen molar-refractivity contribution in [2.75, 3.05) is 24.7 Å². The second kappa shape index (κ2) is 11.0. The number of nitrogens with zero attached hydrogens (tertiary/aromatic N) is 1. The standard InChI is InChI=1S/C22H30N2O7S/c1-3-7-17(20(25)22-24-16-8-5-6-9-18(16)31-22)23-21(26)19(14-32(27,28)4-2)30-15-10-12-29-13-11-15/h5-6,8-9,15,17,19H,3-4,7,10-14H2,1-2H3,(H,23,26). The fraction of sp³-hybridized carbons (Fsp3) is 0.591. The minimum absolute atomic E-state index is 0.0898. The molecule has 3 rings (SSSR count). The number of carbonyl (C=O) groups excluding carboxylic acids is 2. The molecule has 9 nitrogen and oxygen atoms in total. The van der Waals surface area contributed by atoms with Gasteiger partial charge in [-0.25, -0.2) is 13.4 Å². The van der Waals surface area contributed by atoms with Gasteiger partial charge >= 0.3 is 0 Å². The SMILES string of the molecule is CCCC(NC(=O)C(CS(=O)(=O)CC)OC1CCOCC1)C(=O)c1nc2ccccc2o1. The van der Waals surface area contributed by atoms with Gasteiger partial charge in [0.2, 0.25) is 5.78 Å². The fourth-order valence-electron chi connectivity index (χ4n) is 3.52. The molecule has 32 heavy (non-hydrogen) atoms. The third-order valence-corrected chi connectivity index (χ3v) is 7.07. The lowest BCUT2D eigenvalue weighted by molar-refractivity contribution is -0.139. The van der Waals surface area contributed by atoms with Crippen LogP contribution in [-0.2, 0) is 24.1 Å². The molecule has 0 aliphatic carbocycles. The van der Waals surface area contributed by atoms with Gasteiger partial charge in [0.05, 0.1) is 17.9 Å². The summed E-state index contributed by atoms with van der Waals surface area (Å²) in [6.45, 7) is 4.40. The van der Waals surface area contributed by atoms with Gasteiger partial charge in [-0.2, -0.15) is 0 Å². The quantitative estimate of drug-likeness (QED) is 0.500. The number of para-hydroxylation sites is 2. The Morgan fingerprint density at radius 3 is 2.59 bits per heavy atom. The Hall–Kier alpha value is -2.30. The van der Waals surface area contributed by atoms with E-state index in [1.165, 1.54) is 6.92 Å². The number of Topliss-reactive ketones (excluding diaryl/α,β-unsaturated/α-hetero) is 1. The number of benzene rings is 1. The van der Waals surface area contributed by atoms with Crippen LogP contribution in [0.5, 0.6) is 0 Å². The van der Waals surface area contributed by atoms with E-state index in [4.69, 9.17) is 13.9 Å². The number of carbonyl (C=O) groups is 2. The number of hydrogen-bond acceptors (Lipinski definition) is 8. The molecular weight excluding hydrogens is 436 g/mol. The minimum atomic E-state index is -3.49. The summed E-state index contributed by atoms with van der Waals surface area (Å²) in [6, 6.07) is 6.11. The monoisotopic (exact) mass is 466 g/mol. The number of aromatic nitrogens is 1. The van der Waals surface area contributed by atoms with Crippen molar-refractivity contribution < 1.29 is 31.9 Å². The first-order chi connectivity index (χ1) is 15.3. The molecule has 1 aromatic heterocycles. The Kier molecular flexibility index (Phi) is 8.38. The average molecular weight is 467 g/mol. The lowest BCUT2D eigenvalue weighted by Gasteiger charge is -2.28. The summed E-state index contributed by atoms with van der Waals surface area (Å²) in [6.07, 6.45) is 0.651. The Balaban J connectivity index is 1.77. The zero-order valence-electron chi connectivity index (χ0n) is 18.4. The Morgan fingerprint density at radius 2 is 1.94 bits per heavy atom. The molecule has 2 atom stereocenters. The summed E-state index contributed by atoms with van der Waals surface area (Å²) in [5.74, 6) is -1.72. The van der Waals surface area contributed by atoms with Crippen molar-refractivity contribution in [2.45, 2.75) is 57.8 Å². The normalized spacial score (nSPS) is 17.2. The van der Waals surface area contributed by atoms with Gasteiger partial charge in [0.15, 0.2) is 21.5 Å². The molecule has 0 spiro atoms. The molecule has 2 heterocycles. The lowest BCUT2D eigenvalue weighted by Crippen LogP contribution is -2.49. The van der Waals surface area contributed by atoms with Crippen LogP contribution in [0.15, 0.2) is 28.7 Å². The van der Waals surface area contributed by atoms with Crippen molar-refractivity contribution in [1.29, 1.82) is 0 Å². The number of fused-ring (bicyclic) bond motifs is 1. The molecule has 1 aliphatic heterocycles. The molecule has 1 fully saturated rings. The van der Waals surface area contributed by atoms with E-state index >= 15 is 0 Å². The topological polar surface area (TPSA) is 125 Å². The van der Waals surface area contributed by atoms with E-state index in [0.29, 0.717) is 50.0 Å². The van der Waals surface area contributed by atoms with E-state index in [1.54, 1.807) is 24.3 Å². The number of ketones is 1. The lowest BCUT2D eigenvalue weighted by atomic mass is 10.1. The predicted octanol–water partition coefficient (Wildman–Crippen LogP) is 2.29. The molecule has 1 N–H and O–H groups in total. The van der Waals surface area contributed by atoms with Crippen LogP contribution in [0.25, 0.3) is 11.1 Å². The molecule has 1 aromatic carbocycles. The predicted molar refractivity (Wildman–Crippen MR) is 118 cm³/mol. The highest BCUT2D eigenvalue weighted by Gasteiger charge is 2.33. The van der Waals surface area contributed by atoms with Gasteiger partial charge in [-0.15, -0.1) is 0 Å². The second-order valence-electron chi connectivity index (χ2n) is 7.84. The van der Waals surface area contributed by atoms with Crippen LogP contribution >= 0.6 is 0 Å². The first-order valence-electron chi connectivity index (χ1n) is 11.0. The van der Waals surface area contributed by atoms with Gasteiger partial charge in [0, 0.05) is 19.0 Å². The summed E-state index contributed by atoms with van der Waals surface area (Å²) < 4.78 is 41.2. The fourth-order valence-corrected chi connectivity index (χ4v) is 4.45. The van der Waals surface area contributed by atoms with Gasteiger partial charge in [-0.3, -0.25) is 9.59 Å². The number of sulfone groups is 1. The van der Waals surface area contributed by atoms with E-state index in [-0.39, 0.29) is 17.7 Å². The van der Waals surface area contributed by atoms with Crippen LogP contribution in [-0.4, -0.2) is 68.1 Å². The van der Waals surface area contributed by atoms with Crippen molar-refractivity contribution in [3.05, 3.63) is 30.2 Å². The van der Waals surface area contributed by atoms with Crippen molar-refractivity contribution >= 4 is 32.6 Å². The molecule has 1 amide bonds. The van der Waals surface area contributed by atoms with Gasteiger partial charge in [-0.05, 0) is 31.4 Å². The highest BCUT2D eigenvalue weighted by atomic mass is 32.2. The maximum atomic E-state index is 13.1. The van der Waals surface area contributed by atoms with Crippen molar-refractivity contribution in [1.82, 2.24) is 10.3 Å². The molecule has 10 heteroatoms. The Morgan fingerprint density at radius 1 is 1.22 bits per heavy atom. The summed E-state index contributed by atoms with van der Waals surface area (Å²) in [5, 5.41) is 2.69. The van der Waals surface area contributed by atoms with Crippen LogP contribution in [0.4, 0.5) is 0 Å². The summed E-state index contributed by atoms with van der Waals surface area (Å²) in [4.78, 5) is 30.3. The van der Waals surface area contributed by atoms with Crippen molar-refractivity contribution in [3.8, 4) is 0 Å². The number of oxazole rings is 1. The largest absolute Gasteiger partial charge is 0.434 e. The van der Waals surface area contributed by atoms with Crippen LogP contribution < -0.4 is 5.32 Å². The number of hydrogen-bond donors (Lipinski definition) is 1. The molecule has 1 saturated heterocycles. The maximum Gasteiger partial charge on any atom is 0.266 e. The van der Waals surface area contributed by atoms with E-state index in [9.17, 15) is 18.0 Å². The molecule has 2 aromatic rings. The first kappa shape index (κ1) is 24.3.